The summed E-state index contributed by atoms with van der Waals surface area (Å²) in [4.78, 5) is 2.13. The van der Waals surface area contributed by atoms with Crippen LogP contribution >= 0.6 is 11.6 Å². The summed E-state index contributed by atoms with van der Waals surface area (Å²) in [6.07, 6.45) is 1.60. The summed E-state index contributed by atoms with van der Waals surface area (Å²) in [6.45, 7) is 0.947. The van der Waals surface area contributed by atoms with Gasteiger partial charge in [-0.05, 0) is 56.7 Å². The molecule has 0 bridgehead atoms. The number of rotatable bonds is 6. The lowest BCUT2D eigenvalue weighted by Gasteiger charge is -2.30. The van der Waals surface area contributed by atoms with Gasteiger partial charge in [-0.25, -0.2) is 0 Å². The van der Waals surface area contributed by atoms with Crippen molar-refractivity contribution in [3.05, 3.63) is 70.7 Å². The molecular weight excluding hydrogens is 282 g/mol. The average molecular weight is 304 g/mol. The lowest BCUT2D eigenvalue weighted by molar-refractivity contribution is 0.0665. The Morgan fingerprint density at radius 1 is 0.952 bits per heavy atom. The summed E-state index contributed by atoms with van der Waals surface area (Å²) in [6, 6.07) is 17.3. The zero-order valence-corrected chi connectivity index (χ0v) is 13.3. The van der Waals surface area contributed by atoms with Crippen LogP contribution in [0, 0.1) is 0 Å². The summed E-state index contributed by atoms with van der Waals surface area (Å²) in [5.41, 5.74) is 0.838. The molecule has 1 unspecified atom stereocenters. The van der Waals surface area contributed by atoms with E-state index in [2.05, 4.69) is 4.90 Å². The molecule has 2 aromatic carbocycles. The fourth-order valence-electron chi connectivity index (χ4n) is 2.55. The number of nitrogens with zero attached hydrogens (tertiary/aromatic N) is 1. The van der Waals surface area contributed by atoms with Crippen molar-refractivity contribution in [2.75, 3.05) is 20.6 Å². The SMILES string of the molecule is CN(C)CCCC(O)(c1ccccc1)c1ccc(Cl)cc1. The van der Waals surface area contributed by atoms with Crippen molar-refractivity contribution in [1.82, 2.24) is 4.90 Å². The summed E-state index contributed by atoms with van der Waals surface area (Å²) in [5.74, 6) is 0. The second-order valence-electron chi connectivity index (χ2n) is 5.64. The van der Waals surface area contributed by atoms with Crippen LogP contribution in [-0.4, -0.2) is 30.6 Å². The first kappa shape index (κ1) is 16.0. The molecule has 0 saturated heterocycles. The third kappa shape index (κ3) is 4.07. The van der Waals surface area contributed by atoms with Crippen LogP contribution in [0.2, 0.25) is 5.02 Å². The van der Waals surface area contributed by atoms with Gasteiger partial charge in [-0.3, -0.25) is 0 Å². The fraction of sp³-hybridized carbons (Fsp3) is 0.333. The molecule has 2 aromatic rings. The average Bonchev–Trinajstić information content (AvgIpc) is 2.48. The third-order valence-corrected chi connectivity index (χ3v) is 3.97. The van der Waals surface area contributed by atoms with Crippen molar-refractivity contribution < 1.29 is 5.11 Å². The van der Waals surface area contributed by atoms with Crippen molar-refractivity contribution in [1.29, 1.82) is 0 Å². The molecule has 0 aliphatic rings. The smallest absolute Gasteiger partial charge is 0.115 e. The van der Waals surface area contributed by atoms with Crippen molar-refractivity contribution in [2.45, 2.75) is 18.4 Å². The molecule has 1 atom stereocenters. The Morgan fingerprint density at radius 2 is 1.52 bits per heavy atom. The second kappa shape index (κ2) is 7.08. The Morgan fingerprint density at radius 3 is 2.10 bits per heavy atom. The van der Waals surface area contributed by atoms with Crippen LogP contribution in [0.3, 0.4) is 0 Å². The Hall–Kier alpha value is -1.35. The summed E-state index contributed by atoms with van der Waals surface area (Å²) in [7, 11) is 4.09. The van der Waals surface area contributed by atoms with Crippen LogP contribution in [0.4, 0.5) is 0 Å². The predicted octanol–water partition coefficient (Wildman–Crippen LogP) is 3.92. The van der Waals surface area contributed by atoms with E-state index < -0.39 is 5.60 Å². The van der Waals surface area contributed by atoms with E-state index in [4.69, 9.17) is 11.6 Å². The summed E-state index contributed by atoms with van der Waals surface area (Å²) >= 11 is 5.97. The van der Waals surface area contributed by atoms with Crippen LogP contribution in [0.1, 0.15) is 24.0 Å². The quantitative estimate of drug-likeness (QED) is 0.874. The monoisotopic (exact) mass is 303 g/mol. The highest BCUT2D eigenvalue weighted by Crippen LogP contribution is 2.34. The molecule has 112 valence electrons. The molecule has 3 heteroatoms. The number of halogens is 1. The molecule has 0 radical (unpaired) electrons. The lowest BCUT2D eigenvalue weighted by Crippen LogP contribution is -2.28. The van der Waals surface area contributed by atoms with Crippen molar-refractivity contribution in [2.24, 2.45) is 0 Å². The van der Waals surface area contributed by atoms with Gasteiger partial charge in [0.1, 0.15) is 5.60 Å². The molecule has 2 nitrogen and oxygen atoms in total. The molecule has 0 aromatic heterocycles. The van der Waals surface area contributed by atoms with Gasteiger partial charge in [0.25, 0.3) is 0 Å². The number of benzene rings is 2. The topological polar surface area (TPSA) is 23.5 Å². The minimum absolute atomic E-state index is 0.677. The molecule has 1 N–H and O–H groups in total. The highest BCUT2D eigenvalue weighted by molar-refractivity contribution is 6.30. The van der Waals surface area contributed by atoms with Crippen LogP contribution in [0.15, 0.2) is 54.6 Å². The van der Waals surface area contributed by atoms with Gasteiger partial charge in [0.05, 0.1) is 0 Å². The number of hydrogen-bond donors (Lipinski definition) is 1. The lowest BCUT2D eigenvalue weighted by atomic mass is 9.82. The van der Waals surface area contributed by atoms with Crippen molar-refractivity contribution >= 4 is 11.6 Å². The van der Waals surface area contributed by atoms with Crippen LogP contribution in [-0.2, 0) is 5.60 Å². The van der Waals surface area contributed by atoms with Gasteiger partial charge in [0, 0.05) is 5.02 Å². The van der Waals surface area contributed by atoms with Crippen LogP contribution < -0.4 is 0 Å². The van der Waals surface area contributed by atoms with Crippen LogP contribution in [0.25, 0.3) is 0 Å². The van der Waals surface area contributed by atoms with E-state index in [0.29, 0.717) is 11.4 Å². The van der Waals surface area contributed by atoms with E-state index in [1.165, 1.54) is 0 Å². The third-order valence-electron chi connectivity index (χ3n) is 3.72. The van der Waals surface area contributed by atoms with E-state index >= 15 is 0 Å². The zero-order chi connectivity index (χ0) is 15.3. The minimum atomic E-state index is -0.970. The van der Waals surface area contributed by atoms with E-state index in [-0.39, 0.29) is 0 Å². The second-order valence-corrected chi connectivity index (χ2v) is 6.08. The highest BCUT2D eigenvalue weighted by atomic mass is 35.5. The maximum absolute atomic E-state index is 11.3. The Bertz CT molecular complexity index is 553. The number of hydrogen-bond acceptors (Lipinski definition) is 2. The fourth-order valence-corrected chi connectivity index (χ4v) is 2.67. The number of aliphatic hydroxyl groups is 1. The summed E-state index contributed by atoms with van der Waals surface area (Å²) in [5, 5.41) is 12.0. The summed E-state index contributed by atoms with van der Waals surface area (Å²) < 4.78 is 0. The van der Waals surface area contributed by atoms with Gasteiger partial charge in [-0.15, -0.1) is 0 Å². The van der Waals surface area contributed by atoms with Crippen molar-refractivity contribution in [3.8, 4) is 0 Å². The molecule has 0 aliphatic carbocycles. The standard InChI is InChI=1S/C18H22ClNO/c1-20(2)14-6-13-18(21,15-7-4-3-5-8-15)16-9-11-17(19)12-10-16/h3-5,7-12,21H,6,13-14H2,1-2H3. The molecule has 0 amide bonds. The van der Waals surface area contributed by atoms with Gasteiger partial charge in [0.2, 0.25) is 0 Å². The normalized spacial score (nSPS) is 14.1. The first-order valence-corrected chi connectivity index (χ1v) is 7.59. The van der Waals surface area contributed by atoms with Crippen LogP contribution in [0.5, 0.6) is 0 Å². The molecule has 2 rings (SSSR count). The minimum Gasteiger partial charge on any atom is -0.380 e. The largest absolute Gasteiger partial charge is 0.380 e. The zero-order valence-electron chi connectivity index (χ0n) is 12.6. The molecule has 0 saturated carbocycles. The molecular formula is C18H22ClNO. The first-order valence-electron chi connectivity index (χ1n) is 7.21. The molecule has 0 fully saturated rings. The van der Waals surface area contributed by atoms with Crippen molar-refractivity contribution in [3.63, 3.8) is 0 Å². The Labute approximate surface area is 132 Å². The Kier molecular flexibility index (Phi) is 5.40. The molecule has 0 heterocycles. The van der Waals surface area contributed by atoms with E-state index in [0.717, 1.165) is 24.1 Å². The van der Waals surface area contributed by atoms with Gasteiger partial charge < -0.3 is 10.0 Å². The molecule has 21 heavy (non-hydrogen) atoms. The Balaban J connectivity index is 2.31. The van der Waals surface area contributed by atoms with Gasteiger partial charge >= 0.3 is 0 Å². The van der Waals surface area contributed by atoms with Gasteiger partial charge in [0.15, 0.2) is 0 Å². The maximum Gasteiger partial charge on any atom is 0.115 e. The predicted molar refractivity (Wildman–Crippen MR) is 88.7 cm³/mol. The van der Waals surface area contributed by atoms with E-state index in [1.807, 2.05) is 68.7 Å². The van der Waals surface area contributed by atoms with Gasteiger partial charge in [-0.1, -0.05) is 54.1 Å². The maximum atomic E-state index is 11.3. The first-order chi connectivity index (χ1) is 10.0. The highest BCUT2D eigenvalue weighted by Gasteiger charge is 2.30. The van der Waals surface area contributed by atoms with E-state index in [1.54, 1.807) is 0 Å². The van der Waals surface area contributed by atoms with E-state index in [9.17, 15) is 5.11 Å². The molecule has 0 spiro atoms. The molecule has 0 aliphatic heterocycles. The van der Waals surface area contributed by atoms with Gasteiger partial charge in [-0.2, -0.15) is 0 Å².